The van der Waals surface area contributed by atoms with Crippen molar-refractivity contribution in [1.82, 2.24) is 10.3 Å². The van der Waals surface area contributed by atoms with E-state index in [9.17, 15) is 4.79 Å². The maximum atomic E-state index is 12.6. The Morgan fingerprint density at radius 3 is 2.56 bits per heavy atom. The minimum absolute atomic E-state index is 0.119. The topological polar surface area (TPSA) is 60.5 Å². The Morgan fingerprint density at radius 2 is 1.88 bits per heavy atom. The number of ether oxygens (including phenoxy) is 2. The lowest BCUT2D eigenvalue weighted by Crippen LogP contribution is -2.31. The lowest BCUT2D eigenvalue weighted by Gasteiger charge is -2.24. The quantitative estimate of drug-likeness (QED) is 0.922. The largest absolute Gasteiger partial charge is 0.490 e. The number of hydrogen-bond donors (Lipinski definition) is 1. The van der Waals surface area contributed by atoms with Gasteiger partial charge in [-0.25, -0.2) is 0 Å². The number of carbonyl (C=O) groups is 1. The van der Waals surface area contributed by atoms with Gasteiger partial charge in [0, 0.05) is 18.3 Å². The van der Waals surface area contributed by atoms with E-state index in [1.165, 1.54) is 0 Å². The predicted octanol–water partition coefficient (Wildman–Crippen LogP) is 3.68. The number of aryl methyl sites for hydroxylation is 1. The van der Waals surface area contributed by atoms with E-state index in [2.05, 4.69) is 24.1 Å². The van der Waals surface area contributed by atoms with Gasteiger partial charge in [-0.15, -0.1) is 0 Å². The van der Waals surface area contributed by atoms with Crippen molar-refractivity contribution < 1.29 is 14.3 Å². The number of benzene rings is 1. The number of aromatic nitrogens is 1. The average molecular weight is 340 g/mol. The van der Waals surface area contributed by atoms with Crippen LogP contribution in [0.4, 0.5) is 0 Å². The van der Waals surface area contributed by atoms with Crippen molar-refractivity contribution in [1.29, 1.82) is 0 Å². The molecule has 5 heteroatoms. The van der Waals surface area contributed by atoms with E-state index < -0.39 is 0 Å². The molecule has 3 rings (SSSR count). The highest BCUT2D eigenvalue weighted by Gasteiger charge is 2.21. The van der Waals surface area contributed by atoms with Crippen molar-refractivity contribution in [3.63, 3.8) is 0 Å². The predicted molar refractivity (Wildman–Crippen MR) is 96.1 cm³/mol. The standard InChI is InChI=1S/C20H24N2O3/c1-13(2)19(22-20(23)16-6-5-14(3)21-12-16)15-7-8-17-18(11-15)25-10-4-9-24-17/h5-8,11-13,19H,4,9-10H2,1-3H3,(H,22,23)/t19-/m1/s1. The van der Waals surface area contributed by atoms with Gasteiger partial charge < -0.3 is 14.8 Å². The van der Waals surface area contributed by atoms with Crippen LogP contribution in [0.2, 0.25) is 0 Å². The first kappa shape index (κ1) is 17.3. The average Bonchev–Trinajstić information content (AvgIpc) is 2.84. The molecule has 0 spiro atoms. The lowest BCUT2D eigenvalue weighted by molar-refractivity contribution is 0.0925. The van der Waals surface area contributed by atoms with E-state index >= 15 is 0 Å². The molecule has 1 aliphatic rings. The summed E-state index contributed by atoms with van der Waals surface area (Å²) in [5.74, 6) is 1.61. The minimum atomic E-state index is -0.127. The molecule has 2 aromatic rings. The minimum Gasteiger partial charge on any atom is -0.490 e. The molecular weight excluding hydrogens is 316 g/mol. The molecule has 0 saturated heterocycles. The molecule has 0 saturated carbocycles. The van der Waals surface area contributed by atoms with Gasteiger partial charge in [0.1, 0.15) is 0 Å². The number of nitrogens with one attached hydrogen (secondary N) is 1. The van der Waals surface area contributed by atoms with E-state index in [0.717, 1.165) is 29.2 Å². The van der Waals surface area contributed by atoms with E-state index in [4.69, 9.17) is 9.47 Å². The molecule has 1 aromatic carbocycles. The van der Waals surface area contributed by atoms with Crippen LogP contribution in [0.15, 0.2) is 36.5 Å². The first-order chi connectivity index (χ1) is 12.0. The number of pyridine rings is 1. The molecule has 0 bridgehead atoms. The molecule has 25 heavy (non-hydrogen) atoms. The Kier molecular flexibility index (Phi) is 5.22. The first-order valence-corrected chi connectivity index (χ1v) is 8.67. The molecule has 1 aliphatic heterocycles. The van der Waals surface area contributed by atoms with Crippen molar-refractivity contribution in [2.24, 2.45) is 5.92 Å². The molecule has 2 heterocycles. The summed E-state index contributed by atoms with van der Waals surface area (Å²) in [4.78, 5) is 16.8. The number of amides is 1. The Bertz CT molecular complexity index is 741. The molecule has 1 aromatic heterocycles. The molecule has 1 amide bonds. The van der Waals surface area contributed by atoms with Crippen LogP contribution in [0.3, 0.4) is 0 Å². The maximum Gasteiger partial charge on any atom is 0.253 e. The zero-order chi connectivity index (χ0) is 17.8. The lowest BCUT2D eigenvalue weighted by atomic mass is 9.95. The summed E-state index contributed by atoms with van der Waals surface area (Å²) in [5.41, 5.74) is 2.46. The van der Waals surface area contributed by atoms with Gasteiger partial charge in [0.2, 0.25) is 0 Å². The van der Waals surface area contributed by atoms with Gasteiger partial charge in [-0.3, -0.25) is 9.78 Å². The van der Waals surface area contributed by atoms with Gasteiger partial charge in [0.05, 0.1) is 24.8 Å². The summed E-state index contributed by atoms with van der Waals surface area (Å²) in [6, 6.07) is 9.40. The number of fused-ring (bicyclic) bond motifs is 1. The van der Waals surface area contributed by atoms with Crippen molar-refractivity contribution in [3.8, 4) is 11.5 Å². The van der Waals surface area contributed by atoms with E-state index in [1.807, 2.05) is 31.2 Å². The Labute approximate surface area is 148 Å². The fourth-order valence-electron chi connectivity index (χ4n) is 2.83. The van der Waals surface area contributed by atoms with Crippen molar-refractivity contribution in [2.75, 3.05) is 13.2 Å². The Morgan fingerprint density at radius 1 is 1.12 bits per heavy atom. The third-order valence-electron chi connectivity index (χ3n) is 4.26. The smallest absolute Gasteiger partial charge is 0.253 e. The fraction of sp³-hybridized carbons (Fsp3) is 0.400. The summed E-state index contributed by atoms with van der Waals surface area (Å²) in [6.45, 7) is 7.38. The van der Waals surface area contributed by atoms with Crippen LogP contribution >= 0.6 is 0 Å². The van der Waals surface area contributed by atoms with Crippen LogP contribution in [0.5, 0.6) is 11.5 Å². The van der Waals surface area contributed by atoms with Gasteiger partial charge >= 0.3 is 0 Å². The second-order valence-corrected chi connectivity index (χ2v) is 6.64. The van der Waals surface area contributed by atoms with Gasteiger partial charge in [0.25, 0.3) is 5.91 Å². The molecule has 0 fully saturated rings. The summed E-state index contributed by atoms with van der Waals surface area (Å²) < 4.78 is 11.5. The van der Waals surface area contributed by atoms with Crippen LogP contribution in [-0.2, 0) is 0 Å². The van der Waals surface area contributed by atoms with Gasteiger partial charge in [-0.1, -0.05) is 19.9 Å². The summed E-state index contributed by atoms with van der Waals surface area (Å²) in [7, 11) is 0. The number of hydrogen-bond acceptors (Lipinski definition) is 4. The van der Waals surface area contributed by atoms with E-state index in [1.54, 1.807) is 12.3 Å². The van der Waals surface area contributed by atoms with Crippen molar-refractivity contribution in [2.45, 2.75) is 33.2 Å². The summed E-state index contributed by atoms with van der Waals surface area (Å²) in [6.07, 6.45) is 2.48. The van der Waals surface area contributed by atoms with Crippen LogP contribution in [0.25, 0.3) is 0 Å². The number of nitrogens with zero attached hydrogens (tertiary/aromatic N) is 1. The third-order valence-corrected chi connectivity index (χ3v) is 4.26. The maximum absolute atomic E-state index is 12.6. The zero-order valence-electron chi connectivity index (χ0n) is 14.9. The van der Waals surface area contributed by atoms with Gasteiger partial charge in [-0.2, -0.15) is 0 Å². The molecule has 5 nitrogen and oxygen atoms in total. The zero-order valence-corrected chi connectivity index (χ0v) is 14.9. The van der Waals surface area contributed by atoms with Crippen LogP contribution in [0, 0.1) is 12.8 Å². The second-order valence-electron chi connectivity index (χ2n) is 6.64. The molecule has 1 N–H and O–H groups in total. The Balaban J connectivity index is 1.82. The van der Waals surface area contributed by atoms with Crippen LogP contribution < -0.4 is 14.8 Å². The summed E-state index contributed by atoms with van der Waals surface area (Å²) in [5, 5.41) is 3.12. The molecule has 0 aliphatic carbocycles. The van der Waals surface area contributed by atoms with E-state index in [-0.39, 0.29) is 17.9 Å². The monoisotopic (exact) mass is 340 g/mol. The van der Waals surface area contributed by atoms with Crippen LogP contribution in [-0.4, -0.2) is 24.1 Å². The highest BCUT2D eigenvalue weighted by Crippen LogP contribution is 2.34. The molecule has 0 radical (unpaired) electrons. The van der Waals surface area contributed by atoms with Crippen molar-refractivity contribution >= 4 is 5.91 Å². The third kappa shape index (κ3) is 4.10. The van der Waals surface area contributed by atoms with Gasteiger partial charge in [0.15, 0.2) is 11.5 Å². The van der Waals surface area contributed by atoms with Gasteiger partial charge in [-0.05, 0) is 42.7 Å². The van der Waals surface area contributed by atoms with E-state index in [0.29, 0.717) is 18.8 Å². The molecular formula is C20H24N2O3. The Hall–Kier alpha value is -2.56. The highest BCUT2D eigenvalue weighted by molar-refractivity contribution is 5.94. The normalized spacial score (nSPS) is 14.7. The van der Waals surface area contributed by atoms with Crippen molar-refractivity contribution in [3.05, 3.63) is 53.3 Å². The highest BCUT2D eigenvalue weighted by atomic mass is 16.5. The summed E-state index contributed by atoms with van der Waals surface area (Å²) >= 11 is 0. The number of carbonyl (C=O) groups excluding carboxylic acids is 1. The SMILES string of the molecule is Cc1ccc(C(=O)N[C@@H](c2ccc3c(c2)OCCCO3)C(C)C)cn1. The second kappa shape index (κ2) is 7.55. The number of rotatable bonds is 4. The first-order valence-electron chi connectivity index (χ1n) is 8.67. The fourth-order valence-corrected chi connectivity index (χ4v) is 2.83. The van der Waals surface area contributed by atoms with Crippen LogP contribution in [0.1, 0.15) is 47.9 Å². The molecule has 0 unspecified atom stereocenters. The molecule has 1 atom stereocenters. The molecule has 132 valence electrons.